The first-order chi connectivity index (χ1) is 13.4. The molecule has 2 aromatic carbocycles. The van der Waals surface area contributed by atoms with Crippen molar-refractivity contribution in [1.29, 1.82) is 0 Å². The third-order valence-electron chi connectivity index (χ3n) is 3.76. The molecule has 0 aliphatic carbocycles. The van der Waals surface area contributed by atoms with Gasteiger partial charge in [-0.2, -0.15) is 0 Å². The van der Waals surface area contributed by atoms with Crippen molar-refractivity contribution >= 4 is 32.2 Å². The number of carbonyl (C=O) groups excluding carboxylic acids is 1. The molecule has 0 spiro atoms. The van der Waals surface area contributed by atoms with E-state index in [1.807, 2.05) is 0 Å². The first kappa shape index (κ1) is 19.8. The zero-order chi connectivity index (χ0) is 20.1. The van der Waals surface area contributed by atoms with Crippen LogP contribution in [0.2, 0.25) is 0 Å². The first-order valence-electron chi connectivity index (χ1n) is 8.07. The van der Waals surface area contributed by atoms with Gasteiger partial charge >= 0.3 is 0 Å². The molecule has 146 valence electrons. The SMILES string of the molecule is COc1cccc(OC)c1C(=O)Nc1nnc(CS(=O)(=O)c2ccccc2)s1. The average Bonchev–Trinajstić information content (AvgIpc) is 3.13. The van der Waals surface area contributed by atoms with Crippen molar-refractivity contribution in [3.05, 3.63) is 59.1 Å². The molecule has 0 saturated carbocycles. The van der Waals surface area contributed by atoms with Crippen LogP contribution in [0.5, 0.6) is 11.5 Å². The Bertz CT molecular complexity index is 1060. The van der Waals surface area contributed by atoms with E-state index >= 15 is 0 Å². The van der Waals surface area contributed by atoms with Gasteiger partial charge in [0.25, 0.3) is 5.91 Å². The molecule has 0 atom stereocenters. The lowest BCUT2D eigenvalue weighted by Gasteiger charge is -2.11. The number of benzene rings is 2. The predicted molar refractivity (Wildman–Crippen MR) is 105 cm³/mol. The number of anilines is 1. The Hall–Kier alpha value is -2.98. The highest BCUT2D eigenvalue weighted by molar-refractivity contribution is 7.90. The van der Waals surface area contributed by atoms with Crippen LogP contribution in [0.3, 0.4) is 0 Å². The van der Waals surface area contributed by atoms with E-state index in [4.69, 9.17) is 9.47 Å². The molecule has 0 fully saturated rings. The molecular formula is C18H17N3O5S2. The summed E-state index contributed by atoms with van der Waals surface area (Å²) in [7, 11) is -0.652. The van der Waals surface area contributed by atoms with Gasteiger partial charge in [0.05, 0.1) is 19.1 Å². The van der Waals surface area contributed by atoms with Crippen molar-refractivity contribution in [2.24, 2.45) is 0 Å². The Morgan fingerprint density at radius 1 is 1.00 bits per heavy atom. The van der Waals surface area contributed by atoms with Crippen LogP contribution in [-0.4, -0.2) is 38.7 Å². The largest absolute Gasteiger partial charge is 0.496 e. The number of amides is 1. The van der Waals surface area contributed by atoms with Crippen LogP contribution in [0, 0.1) is 0 Å². The van der Waals surface area contributed by atoms with Gasteiger partial charge in [-0.15, -0.1) is 10.2 Å². The highest BCUT2D eigenvalue weighted by Gasteiger charge is 2.21. The molecule has 0 unspecified atom stereocenters. The Morgan fingerprint density at radius 2 is 1.64 bits per heavy atom. The molecule has 8 nitrogen and oxygen atoms in total. The highest BCUT2D eigenvalue weighted by atomic mass is 32.2. The van der Waals surface area contributed by atoms with Gasteiger partial charge in [-0.25, -0.2) is 8.42 Å². The quantitative estimate of drug-likeness (QED) is 0.627. The first-order valence-corrected chi connectivity index (χ1v) is 10.5. The number of nitrogens with zero attached hydrogens (tertiary/aromatic N) is 2. The number of hydrogen-bond donors (Lipinski definition) is 1. The van der Waals surface area contributed by atoms with Crippen molar-refractivity contribution < 1.29 is 22.7 Å². The Balaban J connectivity index is 1.78. The third kappa shape index (κ3) is 4.29. The van der Waals surface area contributed by atoms with E-state index in [-0.39, 0.29) is 26.4 Å². The lowest BCUT2D eigenvalue weighted by Crippen LogP contribution is -2.14. The summed E-state index contributed by atoms with van der Waals surface area (Å²) < 4.78 is 35.3. The second-order valence-corrected chi connectivity index (χ2v) is 8.62. The lowest BCUT2D eigenvalue weighted by atomic mass is 10.1. The molecule has 0 aliphatic rings. The fourth-order valence-electron chi connectivity index (χ4n) is 2.47. The summed E-state index contributed by atoms with van der Waals surface area (Å²) in [5.74, 6) is -0.118. The highest BCUT2D eigenvalue weighted by Crippen LogP contribution is 2.29. The number of nitrogens with one attached hydrogen (secondary N) is 1. The van der Waals surface area contributed by atoms with Crippen LogP contribution in [0.4, 0.5) is 5.13 Å². The smallest absolute Gasteiger partial charge is 0.265 e. The van der Waals surface area contributed by atoms with Crippen LogP contribution >= 0.6 is 11.3 Å². The van der Waals surface area contributed by atoms with Crippen LogP contribution in [0.1, 0.15) is 15.4 Å². The molecule has 10 heteroatoms. The molecule has 1 N–H and O–H groups in total. The van der Waals surface area contributed by atoms with E-state index in [0.717, 1.165) is 11.3 Å². The normalized spacial score (nSPS) is 11.1. The van der Waals surface area contributed by atoms with Crippen LogP contribution < -0.4 is 14.8 Å². The molecular weight excluding hydrogens is 402 g/mol. The molecule has 0 aliphatic heterocycles. The second-order valence-electron chi connectivity index (χ2n) is 5.56. The van der Waals surface area contributed by atoms with E-state index in [2.05, 4.69) is 15.5 Å². The van der Waals surface area contributed by atoms with Crippen LogP contribution in [0.25, 0.3) is 0 Å². The van der Waals surface area contributed by atoms with Crippen LogP contribution in [0.15, 0.2) is 53.4 Å². The van der Waals surface area contributed by atoms with Gasteiger partial charge in [0.15, 0.2) is 9.84 Å². The standard InChI is InChI=1S/C18H17N3O5S2/c1-25-13-9-6-10-14(26-2)16(13)17(22)19-18-21-20-15(27-18)11-28(23,24)12-7-4-3-5-8-12/h3-10H,11H2,1-2H3,(H,19,21,22). The third-order valence-corrected chi connectivity index (χ3v) is 6.42. The van der Waals surface area contributed by atoms with Crippen molar-refractivity contribution in [1.82, 2.24) is 10.2 Å². The minimum absolute atomic E-state index is 0.177. The van der Waals surface area contributed by atoms with Crippen molar-refractivity contribution in [2.45, 2.75) is 10.6 Å². The fraction of sp³-hybridized carbons (Fsp3) is 0.167. The molecule has 0 radical (unpaired) electrons. The minimum atomic E-state index is -3.55. The molecule has 3 aromatic rings. The lowest BCUT2D eigenvalue weighted by molar-refractivity contribution is 0.102. The zero-order valence-electron chi connectivity index (χ0n) is 15.1. The van der Waals surface area contributed by atoms with Gasteiger partial charge < -0.3 is 9.47 Å². The second kappa shape index (κ2) is 8.36. The topological polar surface area (TPSA) is 107 Å². The number of methoxy groups -OCH3 is 2. The van der Waals surface area contributed by atoms with Gasteiger partial charge in [0.2, 0.25) is 5.13 Å². The summed E-state index contributed by atoms with van der Waals surface area (Å²) in [5, 5.41) is 10.8. The molecule has 1 aromatic heterocycles. The Morgan fingerprint density at radius 3 is 2.25 bits per heavy atom. The van der Waals surface area contributed by atoms with Gasteiger partial charge in [-0.3, -0.25) is 10.1 Å². The summed E-state index contributed by atoms with van der Waals surface area (Å²) in [4.78, 5) is 12.8. The molecule has 0 saturated heterocycles. The zero-order valence-corrected chi connectivity index (χ0v) is 16.7. The number of carbonyl (C=O) groups is 1. The predicted octanol–water partition coefficient (Wildman–Crippen LogP) is 2.78. The number of hydrogen-bond acceptors (Lipinski definition) is 8. The van der Waals surface area contributed by atoms with Crippen molar-refractivity contribution in [3.63, 3.8) is 0 Å². The Labute approximate surface area is 166 Å². The van der Waals surface area contributed by atoms with Gasteiger partial charge in [-0.1, -0.05) is 35.6 Å². The number of rotatable bonds is 7. The van der Waals surface area contributed by atoms with E-state index < -0.39 is 15.7 Å². The monoisotopic (exact) mass is 419 g/mol. The van der Waals surface area contributed by atoms with Crippen molar-refractivity contribution in [3.8, 4) is 11.5 Å². The summed E-state index contributed by atoms with van der Waals surface area (Å²) in [6.45, 7) is 0. The summed E-state index contributed by atoms with van der Waals surface area (Å²) in [6.07, 6.45) is 0. The maximum absolute atomic E-state index is 12.6. The van der Waals surface area contributed by atoms with Crippen LogP contribution in [-0.2, 0) is 15.6 Å². The summed E-state index contributed by atoms with van der Waals surface area (Å²) >= 11 is 0.989. The maximum Gasteiger partial charge on any atom is 0.265 e. The van der Waals surface area contributed by atoms with Gasteiger partial charge in [0.1, 0.15) is 27.8 Å². The number of aromatic nitrogens is 2. The minimum Gasteiger partial charge on any atom is -0.496 e. The van der Waals surface area contributed by atoms with E-state index in [9.17, 15) is 13.2 Å². The van der Waals surface area contributed by atoms with E-state index in [1.54, 1.807) is 36.4 Å². The van der Waals surface area contributed by atoms with E-state index in [0.29, 0.717) is 11.5 Å². The fourth-order valence-corrected chi connectivity index (χ4v) is 4.82. The number of sulfone groups is 1. The average molecular weight is 419 g/mol. The Kier molecular flexibility index (Phi) is 5.90. The number of ether oxygens (including phenoxy) is 2. The molecule has 1 amide bonds. The molecule has 0 bridgehead atoms. The molecule has 28 heavy (non-hydrogen) atoms. The van der Waals surface area contributed by atoms with Crippen molar-refractivity contribution in [2.75, 3.05) is 19.5 Å². The summed E-state index contributed by atoms with van der Waals surface area (Å²) in [5.41, 5.74) is 0.209. The van der Waals surface area contributed by atoms with Gasteiger partial charge in [-0.05, 0) is 24.3 Å². The summed E-state index contributed by atoms with van der Waals surface area (Å²) in [6, 6.07) is 13.1. The van der Waals surface area contributed by atoms with Gasteiger partial charge in [0, 0.05) is 0 Å². The molecule has 1 heterocycles. The molecule has 3 rings (SSSR count). The van der Waals surface area contributed by atoms with E-state index in [1.165, 1.54) is 26.4 Å². The maximum atomic E-state index is 12.6.